The van der Waals surface area contributed by atoms with E-state index >= 15 is 0 Å². The molecule has 0 aliphatic carbocycles. The van der Waals surface area contributed by atoms with Gasteiger partial charge in [0.1, 0.15) is 5.78 Å². The Bertz CT molecular complexity index is 1220. The van der Waals surface area contributed by atoms with Gasteiger partial charge in [-0.3, -0.25) is 18.7 Å². The van der Waals surface area contributed by atoms with Crippen LogP contribution in [0.5, 0.6) is 0 Å². The summed E-state index contributed by atoms with van der Waals surface area (Å²) in [5, 5.41) is 0. The second-order valence-corrected chi connectivity index (χ2v) is 7.87. The first kappa shape index (κ1) is 19.2. The van der Waals surface area contributed by atoms with Crippen LogP contribution in [0.15, 0.2) is 33.9 Å². The minimum Gasteiger partial charge on any atom is -0.312 e. The second kappa shape index (κ2) is 7.02. The maximum Gasteiger partial charge on any atom is 0.332 e. The highest BCUT2D eigenvalue weighted by Crippen LogP contribution is 2.32. The van der Waals surface area contributed by atoms with Crippen molar-refractivity contribution >= 4 is 28.6 Å². The fraction of sp³-hybridized carbons (Fsp3) is 0.429. The van der Waals surface area contributed by atoms with Crippen LogP contribution in [0, 0.1) is 5.92 Å². The zero-order valence-electron chi connectivity index (χ0n) is 17.2. The van der Waals surface area contributed by atoms with E-state index in [-0.39, 0.29) is 18.2 Å². The number of nitrogens with zero attached hydrogens (tertiary/aromatic N) is 5. The molecule has 0 fully saturated rings. The zero-order chi connectivity index (χ0) is 20.9. The van der Waals surface area contributed by atoms with E-state index in [1.165, 1.54) is 17.1 Å². The van der Waals surface area contributed by atoms with Crippen molar-refractivity contribution in [3.8, 4) is 0 Å². The standard InChI is InChI=1S/C21H25N5O3/c1-5-15-6-8-16(9-7-15)24-10-13(2)11-25-17-18(22-20(24)25)23(4)21(29)26(19(17)28)12-14(3)27/h6-9,13H,5,10-12H2,1-4H3/t13-/m1/s1. The highest BCUT2D eigenvalue weighted by Gasteiger charge is 2.29. The minimum atomic E-state index is -0.528. The SMILES string of the molecule is CCc1ccc(N2C[C@@H](C)Cn3c2nc2c3c(=O)n(CC(C)=O)c(=O)n2C)cc1. The molecule has 3 aromatic rings. The molecule has 0 N–H and O–H groups in total. The van der Waals surface area contributed by atoms with Crippen LogP contribution in [-0.2, 0) is 31.4 Å². The van der Waals surface area contributed by atoms with Crippen LogP contribution in [0.25, 0.3) is 11.2 Å². The summed E-state index contributed by atoms with van der Waals surface area (Å²) >= 11 is 0. The topological polar surface area (TPSA) is 82.1 Å². The van der Waals surface area contributed by atoms with Crippen molar-refractivity contribution in [2.45, 2.75) is 40.3 Å². The molecule has 1 aliphatic heterocycles. The van der Waals surface area contributed by atoms with Gasteiger partial charge in [0.2, 0.25) is 5.95 Å². The number of carbonyl (C=O) groups is 1. The molecule has 8 nitrogen and oxygen atoms in total. The first-order chi connectivity index (χ1) is 13.8. The smallest absolute Gasteiger partial charge is 0.312 e. The van der Waals surface area contributed by atoms with Crippen LogP contribution in [0.4, 0.5) is 11.6 Å². The quantitative estimate of drug-likeness (QED) is 0.673. The van der Waals surface area contributed by atoms with Crippen molar-refractivity contribution in [2.24, 2.45) is 13.0 Å². The molecule has 0 spiro atoms. The second-order valence-electron chi connectivity index (χ2n) is 7.87. The number of fused-ring (bicyclic) bond motifs is 3. The lowest BCUT2D eigenvalue weighted by Crippen LogP contribution is -2.41. The number of carbonyl (C=O) groups excluding carboxylic acids is 1. The van der Waals surface area contributed by atoms with Gasteiger partial charge in [0, 0.05) is 25.8 Å². The van der Waals surface area contributed by atoms with E-state index in [0.717, 1.165) is 23.2 Å². The third-order valence-electron chi connectivity index (χ3n) is 5.48. The summed E-state index contributed by atoms with van der Waals surface area (Å²) in [6.07, 6.45) is 0.965. The maximum absolute atomic E-state index is 13.1. The molecule has 4 rings (SSSR count). The lowest BCUT2D eigenvalue weighted by Gasteiger charge is -2.33. The number of ketones is 1. The number of rotatable bonds is 4. The molecular formula is C21H25N5O3. The fourth-order valence-electron chi connectivity index (χ4n) is 4.00. The largest absolute Gasteiger partial charge is 0.332 e. The average Bonchev–Trinajstić information content (AvgIpc) is 3.08. The van der Waals surface area contributed by atoms with Crippen molar-refractivity contribution in [3.05, 3.63) is 50.7 Å². The van der Waals surface area contributed by atoms with Gasteiger partial charge >= 0.3 is 5.69 Å². The molecule has 1 atom stereocenters. The van der Waals surface area contributed by atoms with Gasteiger partial charge in [-0.1, -0.05) is 26.0 Å². The van der Waals surface area contributed by atoms with Gasteiger partial charge in [-0.15, -0.1) is 0 Å². The Morgan fingerprint density at radius 3 is 2.48 bits per heavy atom. The normalized spacial score (nSPS) is 16.3. The number of imidazole rings is 1. The van der Waals surface area contributed by atoms with E-state index in [9.17, 15) is 14.4 Å². The molecule has 1 aliphatic rings. The Labute approximate surface area is 168 Å². The van der Waals surface area contributed by atoms with E-state index in [4.69, 9.17) is 0 Å². The first-order valence-electron chi connectivity index (χ1n) is 9.87. The van der Waals surface area contributed by atoms with Gasteiger partial charge in [0.05, 0.1) is 6.54 Å². The van der Waals surface area contributed by atoms with Crippen LogP contribution in [-0.4, -0.2) is 31.0 Å². The molecule has 0 radical (unpaired) electrons. The third kappa shape index (κ3) is 3.08. The van der Waals surface area contributed by atoms with Crippen molar-refractivity contribution in [2.75, 3.05) is 11.4 Å². The van der Waals surface area contributed by atoms with Gasteiger partial charge < -0.3 is 9.47 Å². The summed E-state index contributed by atoms with van der Waals surface area (Å²) in [5.74, 6) is 0.687. The molecule has 29 heavy (non-hydrogen) atoms. The Kier molecular flexibility index (Phi) is 4.64. The molecule has 2 aromatic heterocycles. The molecule has 0 unspecified atom stereocenters. The van der Waals surface area contributed by atoms with Crippen LogP contribution in [0.1, 0.15) is 26.3 Å². The lowest BCUT2D eigenvalue weighted by molar-refractivity contribution is -0.117. The van der Waals surface area contributed by atoms with Crippen molar-refractivity contribution in [1.82, 2.24) is 18.7 Å². The Morgan fingerprint density at radius 1 is 1.17 bits per heavy atom. The Balaban J connectivity index is 1.96. The fourth-order valence-corrected chi connectivity index (χ4v) is 4.00. The minimum absolute atomic E-state index is 0.236. The third-order valence-corrected chi connectivity index (χ3v) is 5.48. The number of Topliss-reactive ketones (excluding diaryl/α,β-unsaturated/α-hetero) is 1. The van der Waals surface area contributed by atoms with Crippen molar-refractivity contribution in [3.63, 3.8) is 0 Å². The van der Waals surface area contributed by atoms with Crippen LogP contribution in [0.2, 0.25) is 0 Å². The van der Waals surface area contributed by atoms with E-state index in [1.54, 1.807) is 7.05 Å². The van der Waals surface area contributed by atoms with E-state index in [1.807, 2.05) is 4.57 Å². The lowest BCUT2D eigenvalue weighted by atomic mass is 10.1. The predicted octanol–water partition coefficient (Wildman–Crippen LogP) is 1.84. The van der Waals surface area contributed by atoms with Crippen LogP contribution >= 0.6 is 0 Å². The van der Waals surface area contributed by atoms with Gasteiger partial charge in [-0.2, -0.15) is 4.98 Å². The van der Waals surface area contributed by atoms with Gasteiger partial charge in [0.15, 0.2) is 11.2 Å². The first-order valence-corrected chi connectivity index (χ1v) is 9.87. The molecule has 3 heterocycles. The molecular weight excluding hydrogens is 370 g/mol. The maximum atomic E-state index is 13.1. The summed E-state index contributed by atoms with van der Waals surface area (Å²) in [6, 6.07) is 8.32. The van der Waals surface area contributed by atoms with E-state index in [2.05, 4.69) is 48.0 Å². The van der Waals surface area contributed by atoms with Crippen LogP contribution in [0.3, 0.4) is 0 Å². The molecule has 1 aromatic carbocycles. The number of aryl methyl sites for hydroxylation is 2. The summed E-state index contributed by atoms with van der Waals surface area (Å²) in [5.41, 5.74) is 1.97. The van der Waals surface area contributed by atoms with E-state index < -0.39 is 11.2 Å². The summed E-state index contributed by atoms with van der Waals surface area (Å²) in [7, 11) is 1.59. The molecule has 0 saturated heterocycles. The monoisotopic (exact) mass is 395 g/mol. The number of hydrogen-bond acceptors (Lipinski definition) is 5. The van der Waals surface area contributed by atoms with Crippen molar-refractivity contribution < 1.29 is 4.79 Å². The average molecular weight is 395 g/mol. The molecule has 8 heteroatoms. The molecule has 0 amide bonds. The number of benzene rings is 1. The highest BCUT2D eigenvalue weighted by molar-refractivity contribution is 5.78. The molecule has 0 saturated carbocycles. The Morgan fingerprint density at radius 2 is 1.86 bits per heavy atom. The van der Waals surface area contributed by atoms with Crippen molar-refractivity contribution in [1.29, 1.82) is 0 Å². The Hall–Kier alpha value is -3.16. The van der Waals surface area contributed by atoms with Gasteiger partial charge in [-0.05, 0) is 37.0 Å². The number of aromatic nitrogens is 4. The van der Waals surface area contributed by atoms with Gasteiger partial charge in [-0.25, -0.2) is 4.79 Å². The number of hydrogen-bond donors (Lipinski definition) is 0. The predicted molar refractivity (Wildman–Crippen MR) is 112 cm³/mol. The highest BCUT2D eigenvalue weighted by atomic mass is 16.2. The number of anilines is 2. The zero-order valence-corrected chi connectivity index (χ0v) is 17.2. The summed E-state index contributed by atoms with van der Waals surface area (Å²) in [4.78, 5) is 44.1. The van der Waals surface area contributed by atoms with E-state index in [0.29, 0.717) is 23.7 Å². The molecule has 0 bridgehead atoms. The van der Waals surface area contributed by atoms with Gasteiger partial charge in [0.25, 0.3) is 5.56 Å². The summed E-state index contributed by atoms with van der Waals surface area (Å²) < 4.78 is 4.24. The van der Waals surface area contributed by atoms with Crippen LogP contribution < -0.4 is 16.1 Å². The summed E-state index contributed by atoms with van der Waals surface area (Å²) in [6.45, 7) is 6.76. The molecule has 152 valence electrons.